The van der Waals surface area contributed by atoms with Crippen molar-refractivity contribution >= 4 is 5.91 Å². The van der Waals surface area contributed by atoms with E-state index in [1.54, 1.807) is 4.90 Å². The lowest BCUT2D eigenvalue weighted by molar-refractivity contribution is -0.136. The number of ether oxygens (including phenoxy) is 1. The Kier molecular flexibility index (Phi) is 3.49. The third-order valence-corrected chi connectivity index (χ3v) is 2.18. The van der Waals surface area contributed by atoms with Crippen molar-refractivity contribution in [3.8, 4) is 0 Å². The van der Waals surface area contributed by atoms with Gasteiger partial charge in [-0.1, -0.05) is 0 Å². The Bertz CT molecular complexity index is 160. The summed E-state index contributed by atoms with van der Waals surface area (Å²) >= 11 is 0. The van der Waals surface area contributed by atoms with E-state index in [9.17, 15) is 4.79 Å². The van der Waals surface area contributed by atoms with E-state index in [4.69, 9.17) is 9.84 Å². The van der Waals surface area contributed by atoms with Crippen molar-refractivity contribution in [2.75, 3.05) is 26.9 Å². The minimum atomic E-state index is -0.0194. The fourth-order valence-electron chi connectivity index (χ4n) is 1.56. The predicted octanol–water partition coefficient (Wildman–Crippen LogP) is -0.384. The molecule has 70 valence electrons. The molecule has 0 spiro atoms. The van der Waals surface area contributed by atoms with E-state index < -0.39 is 0 Å². The third kappa shape index (κ3) is 1.95. The molecule has 1 aliphatic rings. The summed E-state index contributed by atoms with van der Waals surface area (Å²) in [5.74, 6) is -0.0194. The van der Waals surface area contributed by atoms with E-state index in [1.807, 2.05) is 0 Å². The number of methoxy groups -OCH3 is 1. The van der Waals surface area contributed by atoms with Gasteiger partial charge in [0.25, 0.3) is 0 Å². The van der Waals surface area contributed by atoms with Crippen molar-refractivity contribution in [1.82, 2.24) is 4.90 Å². The molecule has 0 bridgehead atoms. The molecule has 1 heterocycles. The zero-order valence-electron chi connectivity index (χ0n) is 7.32. The Labute approximate surface area is 72.1 Å². The first-order valence-corrected chi connectivity index (χ1v) is 4.19. The summed E-state index contributed by atoms with van der Waals surface area (Å²) in [6, 6.07) is 0.0210. The first-order valence-electron chi connectivity index (χ1n) is 4.19. The van der Waals surface area contributed by atoms with Gasteiger partial charge in [-0.2, -0.15) is 0 Å². The van der Waals surface area contributed by atoms with Gasteiger partial charge in [0.2, 0.25) is 5.91 Å². The Hall–Kier alpha value is -0.610. The lowest BCUT2D eigenvalue weighted by Gasteiger charge is -2.22. The molecule has 1 saturated heterocycles. The molecular formula is C8H15NO3. The zero-order chi connectivity index (χ0) is 8.97. The molecular weight excluding hydrogens is 158 g/mol. The topological polar surface area (TPSA) is 49.8 Å². The van der Waals surface area contributed by atoms with Gasteiger partial charge in [0, 0.05) is 13.7 Å². The molecule has 0 aromatic rings. The number of aliphatic hydroxyl groups excluding tert-OH is 1. The van der Waals surface area contributed by atoms with E-state index in [2.05, 4.69) is 0 Å². The second-order valence-electron chi connectivity index (χ2n) is 3.00. The molecule has 1 aliphatic heterocycles. The van der Waals surface area contributed by atoms with Crippen molar-refractivity contribution in [2.24, 2.45) is 0 Å². The van der Waals surface area contributed by atoms with E-state index in [0.717, 1.165) is 19.4 Å². The van der Waals surface area contributed by atoms with Gasteiger partial charge in [0.05, 0.1) is 12.6 Å². The maximum Gasteiger partial charge on any atom is 0.248 e. The monoisotopic (exact) mass is 173 g/mol. The van der Waals surface area contributed by atoms with Gasteiger partial charge in [-0.25, -0.2) is 0 Å². The largest absolute Gasteiger partial charge is 0.394 e. The summed E-state index contributed by atoms with van der Waals surface area (Å²) in [6.45, 7) is 0.944. The lowest BCUT2D eigenvalue weighted by Crippen LogP contribution is -2.39. The van der Waals surface area contributed by atoms with Crippen LogP contribution in [-0.2, 0) is 9.53 Å². The van der Waals surface area contributed by atoms with Crippen molar-refractivity contribution < 1.29 is 14.6 Å². The highest BCUT2D eigenvalue weighted by Gasteiger charge is 2.27. The van der Waals surface area contributed by atoms with Crippen LogP contribution in [0.4, 0.5) is 0 Å². The SMILES string of the molecule is COCC(=O)N1CCC[C@H]1CO. The van der Waals surface area contributed by atoms with Crippen molar-refractivity contribution in [1.29, 1.82) is 0 Å². The number of hydrogen-bond donors (Lipinski definition) is 1. The van der Waals surface area contributed by atoms with Crippen LogP contribution in [-0.4, -0.2) is 48.8 Å². The fraction of sp³-hybridized carbons (Fsp3) is 0.875. The standard InChI is InChI=1S/C8H15NO3/c1-12-6-8(11)9-4-2-3-7(9)5-10/h7,10H,2-6H2,1H3/t7-/m0/s1. The molecule has 4 heteroatoms. The van der Waals surface area contributed by atoms with Crippen LogP contribution in [0.15, 0.2) is 0 Å². The first kappa shape index (κ1) is 9.48. The zero-order valence-corrected chi connectivity index (χ0v) is 7.32. The summed E-state index contributed by atoms with van der Waals surface area (Å²) in [5.41, 5.74) is 0. The number of carbonyl (C=O) groups excluding carboxylic acids is 1. The number of hydrogen-bond acceptors (Lipinski definition) is 3. The van der Waals surface area contributed by atoms with E-state index >= 15 is 0 Å². The lowest BCUT2D eigenvalue weighted by atomic mass is 10.2. The molecule has 1 fully saturated rings. The highest BCUT2D eigenvalue weighted by atomic mass is 16.5. The van der Waals surface area contributed by atoms with E-state index in [-0.39, 0.29) is 25.2 Å². The second kappa shape index (κ2) is 4.42. The molecule has 1 N–H and O–H groups in total. The molecule has 12 heavy (non-hydrogen) atoms. The van der Waals surface area contributed by atoms with E-state index in [1.165, 1.54) is 7.11 Å². The van der Waals surface area contributed by atoms with Crippen LogP contribution < -0.4 is 0 Å². The summed E-state index contributed by atoms with van der Waals surface area (Å²) in [7, 11) is 1.50. The number of amides is 1. The van der Waals surface area contributed by atoms with Crippen LogP contribution in [0.2, 0.25) is 0 Å². The quantitative estimate of drug-likeness (QED) is 0.632. The Balaban J connectivity index is 2.43. The van der Waals surface area contributed by atoms with Crippen LogP contribution in [0.5, 0.6) is 0 Å². The molecule has 0 radical (unpaired) electrons. The Morgan fingerprint density at radius 3 is 3.08 bits per heavy atom. The highest BCUT2D eigenvalue weighted by molar-refractivity contribution is 5.78. The molecule has 1 amide bonds. The molecule has 1 rings (SSSR count). The van der Waals surface area contributed by atoms with Crippen molar-refractivity contribution in [3.05, 3.63) is 0 Å². The maximum absolute atomic E-state index is 11.3. The summed E-state index contributed by atoms with van der Waals surface area (Å²) < 4.78 is 4.74. The molecule has 0 aromatic heterocycles. The number of aliphatic hydroxyl groups is 1. The van der Waals surface area contributed by atoms with Gasteiger partial charge in [0.15, 0.2) is 0 Å². The average molecular weight is 173 g/mol. The fourth-order valence-corrected chi connectivity index (χ4v) is 1.56. The normalized spacial score (nSPS) is 23.2. The number of likely N-dealkylation sites (tertiary alicyclic amines) is 1. The number of carbonyl (C=O) groups is 1. The molecule has 0 aliphatic carbocycles. The van der Waals surface area contributed by atoms with Gasteiger partial charge in [-0.15, -0.1) is 0 Å². The van der Waals surface area contributed by atoms with E-state index in [0.29, 0.717) is 0 Å². The van der Waals surface area contributed by atoms with Gasteiger partial charge < -0.3 is 14.7 Å². The Morgan fingerprint density at radius 2 is 2.50 bits per heavy atom. The molecule has 0 saturated carbocycles. The maximum atomic E-state index is 11.3. The van der Waals surface area contributed by atoms with Crippen molar-refractivity contribution in [2.45, 2.75) is 18.9 Å². The van der Waals surface area contributed by atoms with Crippen LogP contribution in [0.25, 0.3) is 0 Å². The van der Waals surface area contributed by atoms with Gasteiger partial charge in [-0.05, 0) is 12.8 Å². The van der Waals surface area contributed by atoms with Crippen LogP contribution in [0, 0.1) is 0 Å². The highest BCUT2D eigenvalue weighted by Crippen LogP contribution is 2.16. The van der Waals surface area contributed by atoms with Gasteiger partial charge >= 0.3 is 0 Å². The van der Waals surface area contributed by atoms with Crippen molar-refractivity contribution in [3.63, 3.8) is 0 Å². The number of rotatable bonds is 3. The average Bonchev–Trinajstić information content (AvgIpc) is 2.51. The number of nitrogens with zero attached hydrogens (tertiary/aromatic N) is 1. The smallest absolute Gasteiger partial charge is 0.248 e. The molecule has 0 aromatic carbocycles. The van der Waals surface area contributed by atoms with Gasteiger partial charge in [-0.3, -0.25) is 4.79 Å². The molecule has 4 nitrogen and oxygen atoms in total. The van der Waals surface area contributed by atoms with Crippen LogP contribution >= 0.6 is 0 Å². The predicted molar refractivity (Wildman–Crippen MR) is 43.7 cm³/mol. The second-order valence-corrected chi connectivity index (χ2v) is 3.00. The summed E-state index contributed by atoms with van der Waals surface area (Å²) in [6.07, 6.45) is 1.90. The minimum absolute atomic E-state index is 0.0194. The molecule has 1 atom stereocenters. The summed E-state index contributed by atoms with van der Waals surface area (Å²) in [5, 5.41) is 8.92. The minimum Gasteiger partial charge on any atom is -0.394 e. The summed E-state index contributed by atoms with van der Waals surface area (Å²) in [4.78, 5) is 13.0. The molecule has 0 unspecified atom stereocenters. The van der Waals surface area contributed by atoms with Crippen LogP contribution in [0.3, 0.4) is 0 Å². The van der Waals surface area contributed by atoms with Gasteiger partial charge in [0.1, 0.15) is 6.61 Å². The third-order valence-electron chi connectivity index (χ3n) is 2.18. The Morgan fingerprint density at radius 1 is 1.75 bits per heavy atom. The van der Waals surface area contributed by atoms with Crippen LogP contribution in [0.1, 0.15) is 12.8 Å². The first-order chi connectivity index (χ1) is 5.79.